The lowest BCUT2D eigenvalue weighted by molar-refractivity contribution is 0.138. The van der Waals surface area contributed by atoms with Crippen molar-refractivity contribution in [2.75, 3.05) is 38.7 Å². The van der Waals surface area contributed by atoms with Crippen LogP contribution in [-0.2, 0) is 0 Å². The second-order valence-corrected chi connectivity index (χ2v) is 6.04. The van der Waals surface area contributed by atoms with Gasteiger partial charge in [0.15, 0.2) is 0 Å². The summed E-state index contributed by atoms with van der Waals surface area (Å²) < 4.78 is 5.99. The number of likely N-dealkylation sites (N-methyl/N-ethyl adjacent to an activating group) is 1. The van der Waals surface area contributed by atoms with Gasteiger partial charge in [0.1, 0.15) is 0 Å². The van der Waals surface area contributed by atoms with Crippen LogP contribution in [0.4, 0.5) is 5.95 Å². The standard InChI is InChI=1S/C12H19BrN4O/c1-12(2)8-17(6-5-16(12)3)11-14-7-9(13)10(15-11)18-4/h7H,5-6,8H2,1-4H3. The summed E-state index contributed by atoms with van der Waals surface area (Å²) in [6.45, 7) is 7.32. The summed E-state index contributed by atoms with van der Waals surface area (Å²) in [4.78, 5) is 13.4. The van der Waals surface area contributed by atoms with Crippen molar-refractivity contribution in [3.8, 4) is 5.88 Å². The maximum Gasteiger partial charge on any atom is 0.232 e. The Morgan fingerprint density at radius 1 is 1.39 bits per heavy atom. The Balaban J connectivity index is 2.22. The Hall–Kier alpha value is -0.880. The SMILES string of the molecule is COc1nc(N2CCN(C)C(C)(C)C2)ncc1Br. The van der Waals surface area contributed by atoms with E-state index in [-0.39, 0.29) is 5.54 Å². The lowest BCUT2D eigenvalue weighted by atomic mass is 10.0. The van der Waals surface area contributed by atoms with Crippen molar-refractivity contribution < 1.29 is 4.74 Å². The van der Waals surface area contributed by atoms with E-state index in [1.165, 1.54) is 0 Å². The largest absolute Gasteiger partial charge is 0.480 e. The molecule has 1 saturated heterocycles. The van der Waals surface area contributed by atoms with Crippen LogP contribution in [0.5, 0.6) is 5.88 Å². The predicted molar refractivity (Wildman–Crippen MR) is 75.2 cm³/mol. The van der Waals surface area contributed by atoms with Crippen LogP contribution in [0.25, 0.3) is 0 Å². The van der Waals surface area contributed by atoms with Crippen LogP contribution in [0.15, 0.2) is 10.7 Å². The van der Waals surface area contributed by atoms with E-state index in [2.05, 4.69) is 56.6 Å². The molecule has 1 aromatic rings. The maximum atomic E-state index is 5.21. The first-order valence-electron chi connectivity index (χ1n) is 5.97. The summed E-state index contributed by atoms with van der Waals surface area (Å²) in [5, 5.41) is 0. The van der Waals surface area contributed by atoms with Gasteiger partial charge in [0.25, 0.3) is 0 Å². The molecule has 0 atom stereocenters. The minimum atomic E-state index is 0.127. The Morgan fingerprint density at radius 3 is 2.72 bits per heavy atom. The summed E-state index contributed by atoms with van der Waals surface area (Å²) >= 11 is 3.37. The van der Waals surface area contributed by atoms with E-state index in [1.807, 2.05) is 0 Å². The third kappa shape index (κ3) is 2.59. The third-order valence-corrected chi connectivity index (χ3v) is 4.04. The fourth-order valence-corrected chi connectivity index (χ4v) is 2.40. The van der Waals surface area contributed by atoms with E-state index >= 15 is 0 Å². The number of anilines is 1. The van der Waals surface area contributed by atoms with Gasteiger partial charge in [-0.05, 0) is 36.8 Å². The van der Waals surface area contributed by atoms with Crippen LogP contribution in [0.3, 0.4) is 0 Å². The second kappa shape index (κ2) is 5.01. The molecule has 0 amide bonds. The average Bonchev–Trinajstić information content (AvgIpc) is 2.33. The summed E-state index contributed by atoms with van der Waals surface area (Å²) in [5.74, 6) is 1.31. The van der Waals surface area contributed by atoms with Crippen LogP contribution in [0, 0.1) is 0 Å². The van der Waals surface area contributed by atoms with Crippen LogP contribution in [-0.4, -0.2) is 54.2 Å². The molecule has 18 heavy (non-hydrogen) atoms. The number of rotatable bonds is 2. The van der Waals surface area contributed by atoms with Gasteiger partial charge in [-0.3, -0.25) is 4.90 Å². The lowest BCUT2D eigenvalue weighted by Gasteiger charge is -2.45. The fourth-order valence-electron chi connectivity index (χ4n) is 2.05. The van der Waals surface area contributed by atoms with E-state index in [1.54, 1.807) is 13.3 Å². The first kappa shape index (κ1) is 13.5. The van der Waals surface area contributed by atoms with Gasteiger partial charge in [-0.2, -0.15) is 4.98 Å². The molecule has 2 heterocycles. The highest BCUT2D eigenvalue weighted by molar-refractivity contribution is 9.10. The number of hydrogen-bond acceptors (Lipinski definition) is 5. The Kier molecular flexibility index (Phi) is 3.77. The summed E-state index contributed by atoms with van der Waals surface area (Å²) in [7, 11) is 3.77. The van der Waals surface area contributed by atoms with Crippen LogP contribution in [0.2, 0.25) is 0 Å². The van der Waals surface area contributed by atoms with Crippen LogP contribution in [0.1, 0.15) is 13.8 Å². The van der Waals surface area contributed by atoms with Crippen molar-refractivity contribution in [2.24, 2.45) is 0 Å². The molecule has 0 aromatic carbocycles. The zero-order chi connectivity index (χ0) is 13.3. The van der Waals surface area contributed by atoms with Crippen molar-refractivity contribution in [3.05, 3.63) is 10.7 Å². The molecular formula is C12H19BrN4O. The van der Waals surface area contributed by atoms with Crippen LogP contribution >= 0.6 is 15.9 Å². The topological polar surface area (TPSA) is 41.5 Å². The Labute approximate surface area is 116 Å². The number of ether oxygens (including phenoxy) is 1. The first-order chi connectivity index (χ1) is 8.44. The zero-order valence-electron chi connectivity index (χ0n) is 11.3. The Bertz CT molecular complexity index is 438. The van der Waals surface area contributed by atoms with Crippen LogP contribution < -0.4 is 9.64 Å². The maximum absolute atomic E-state index is 5.21. The van der Waals surface area contributed by atoms with E-state index < -0.39 is 0 Å². The van der Waals surface area contributed by atoms with E-state index in [0.29, 0.717) is 5.88 Å². The molecule has 1 aliphatic rings. The Morgan fingerprint density at radius 2 is 2.11 bits per heavy atom. The van der Waals surface area contributed by atoms with Crippen molar-refractivity contribution in [2.45, 2.75) is 19.4 Å². The molecule has 0 saturated carbocycles. The number of nitrogens with zero attached hydrogens (tertiary/aromatic N) is 4. The highest BCUT2D eigenvalue weighted by atomic mass is 79.9. The molecule has 0 N–H and O–H groups in total. The monoisotopic (exact) mass is 314 g/mol. The van der Waals surface area contributed by atoms with Crippen molar-refractivity contribution in [3.63, 3.8) is 0 Å². The van der Waals surface area contributed by atoms with Gasteiger partial charge >= 0.3 is 0 Å². The summed E-state index contributed by atoms with van der Waals surface area (Å²) in [6.07, 6.45) is 1.74. The predicted octanol–water partition coefficient (Wildman–Crippen LogP) is 1.78. The highest BCUT2D eigenvalue weighted by Crippen LogP contribution is 2.26. The highest BCUT2D eigenvalue weighted by Gasteiger charge is 2.32. The minimum Gasteiger partial charge on any atom is -0.480 e. The van der Waals surface area contributed by atoms with E-state index in [0.717, 1.165) is 30.1 Å². The average molecular weight is 315 g/mol. The quantitative estimate of drug-likeness (QED) is 0.832. The van der Waals surface area contributed by atoms with Gasteiger partial charge in [0.2, 0.25) is 11.8 Å². The van der Waals surface area contributed by atoms with Crippen molar-refractivity contribution in [1.82, 2.24) is 14.9 Å². The second-order valence-electron chi connectivity index (χ2n) is 5.18. The van der Waals surface area contributed by atoms with Gasteiger partial charge in [0, 0.05) is 25.2 Å². The number of halogens is 1. The first-order valence-corrected chi connectivity index (χ1v) is 6.76. The molecule has 0 aliphatic carbocycles. The van der Waals surface area contributed by atoms with Crippen molar-refractivity contribution >= 4 is 21.9 Å². The van der Waals surface area contributed by atoms with Crippen molar-refractivity contribution in [1.29, 1.82) is 0 Å². The van der Waals surface area contributed by atoms with Gasteiger partial charge in [-0.15, -0.1) is 0 Å². The van der Waals surface area contributed by atoms with Gasteiger partial charge in [-0.1, -0.05) is 0 Å². The van der Waals surface area contributed by atoms with Gasteiger partial charge < -0.3 is 9.64 Å². The van der Waals surface area contributed by atoms with E-state index in [9.17, 15) is 0 Å². The molecule has 1 aliphatic heterocycles. The summed E-state index contributed by atoms with van der Waals surface area (Å²) in [5.41, 5.74) is 0.127. The molecule has 0 unspecified atom stereocenters. The smallest absolute Gasteiger partial charge is 0.232 e. The summed E-state index contributed by atoms with van der Waals surface area (Å²) in [6, 6.07) is 0. The lowest BCUT2D eigenvalue weighted by Crippen LogP contribution is -2.58. The molecule has 2 rings (SSSR count). The van der Waals surface area contributed by atoms with Gasteiger partial charge in [0.05, 0.1) is 17.8 Å². The molecule has 0 spiro atoms. The molecule has 0 bridgehead atoms. The molecule has 100 valence electrons. The molecule has 5 nitrogen and oxygen atoms in total. The molecular weight excluding hydrogens is 296 g/mol. The van der Waals surface area contributed by atoms with Gasteiger partial charge in [-0.25, -0.2) is 4.98 Å². The number of aromatic nitrogens is 2. The number of piperazine rings is 1. The fraction of sp³-hybridized carbons (Fsp3) is 0.667. The molecule has 6 heteroatoms. The molecule has 1 fully saturated rings. The number of methoxy groups -OCH3 is 1. The van der Waals surface area contributed by atoms with E-state index in [4.69, 9.17) is 4.74 Å². The zero-order valence-corrected chi connectivity index (χ0v) is 12.9. The number of hydrogen-bond donors (Lipinski definition) is 0. The molecule has 0 radical (unpaired) electrons. The minimum absolute atomic E-state index is 0.127. The molecule has 1 aromatic heterocycles. The third-order valence-electron chi connectivity index (χ3n) is 3.49. The normalized spacial score (nSPS) is 19.9.